The van der Waals surface area contributed by atoms with Crippen molar-refractivity contribution < 1.29 is 9.47 Å². The summed E-state index contributed by atoms with van der Waals surface area (Å²) in [6.07, 6.45) is 5.11. The zero-order chi connectivity index (χ0) is 13.5. The molecule has 1 fully saturated rings. The first-order valence-corrected chi connectivity index (χ1v) is 7.17. The molecule has 3 nitrogen and oxygen atoms in total. The van der Waals surface area contributed by atoms with Crippen molar-refractivity contribution in [2.24, 2.45) is 0 Å². The zero-order valence-electron chi connectivity index (χ0n) is 12.0. The highest BCUT2D eigenvalue weighted by Gasteiger charge is 2.24. The van der Waals surface area contributed by atoms with Crippen LogP contribution in [0, 0.1) is 0 Å². The third-order valence-electron chi connectivity index (χ3n) is 3.97. The van der Waals surface area contributed by atoms with Gasteiger partial charge in [-0.15, -0.1) is 0 Å². The summed E-state index contributed by atoms with van der Waals surface area (Å²) in [5, 5.41) is 0. The molecule has 106 valence electrons. The van der Waals surface area contributed by atoms with Crippen molar-refractivity contribution >= 4 is 0 Å². The Morgan fingerprint density at radius 3 is 2.74 bits per heavy atom. The lowest BCUT2D eigenvalue weighted by Gasteiger charge is -2.34. The monoisotopic (exact) mass is 263 g/mol. The van der Waals surface area contributed by atoms with E-state index >= 15 is 0 Å². The largest absolute Gasteiger partial charge is 0.359 e. The van der Waals surface area contributed by atoms with Crippen LogP contribution >= 0.6 is 0 Å². The molecule has 1 heterocycles. The Kier molecular flexibility index (Phi) is 5.83. The number of ether oxygens (including phenoxy) is 2. The Balaban J connectivity index is 2.01. The molecule has 1 aromatic rings. The zero-order valence-corrected chi connectivity index (χ0v) is 12.0. The van der Waals surface area contributed by atoms with E-state index in [-0.39, 0.29) is 6.10 Å². The second-order valence-corrected chi connectivity index (χ2v) is 5.34. The molecule has 0 bridgehead atoms. The van der Waals surface area contributed by atoms with Crippen LogP contribution in [0.15, 0.2) is 30.3 Å². The van der Waals surface area contributed by atoms with Gasteiger partial charge in [-0.25, -0.2) is 0 Å². The lowest BCUT2D eigenvalue weighted by Crippen LogP contribution is -2.37. The summed E-state index contributed by atoms with van der Waals surface area (Å²) in [5.74, 6) is 0. The number of benzene rings is 1. The maximum absolute atomic E-state index is 5.88. The van der Waals surface area contributed by atoms with E-state index in [1.54, 1.807) is 7.11 Å². The predicted octanol–water partition coefficient (Wildman–Crippen LogP) is 3.22. The average Bonchev–Trinajstić information content (AvgIpc) is 2.46. The van der Waals surface area contributed by atoms with E-state index in [0.717, 1.165) is 6.42 Å². The van der Waals surface area contributed by atoms with Crippen molar-refractivity contribution in [2.45, 2.75) is 37.8 Å². The van der Waals surface area contributed by atoms with Gasteiger partial charge in [0.2, 0.25) is 0 Å². The SMILES string of the molecule is COCO[C@@H](C[C@H]1CCCCN1C)c1ccccc1. The third-order valence-corrected chi connectivity index (χ3v) is 3.97. The minimum atomic E-state index is 0.131. The van der Waals surface area contributed by atoms with Crippen molar-refractivity contribution in [3.05, 3.63) is 35.9 Å². The molecular weight excluding hydrogens is 238 g/mol. The molecule has 3 heteroatoms. The van der Waals surface area contributed by atoms with Crippen molar-refractivity contribution in [1.82, 2.24) is 4.90 Å². The van der Waals surface area contributed by atoms with Crippen LogP contribution in [-0.2, 0) is 9.47 Å². The number of hydrogen-bond donors (Lipinski definition) is 0. The minimum absolute atomic E-state index is 0.131. The van der Waals surface area contributed by atoms with Crippen LogP contribution in [0.3, 0.4) is 0 Å². The van der Waals surface area contributed by atoms with Gasteiger partial charge < -0.3 is 14.4 Å². The van der Waals surface area contributed by atoms with Gasteiger partial charge in [-0.05, 0) is 38.4 Å². The van der Waals surface area contributed by atoms with Crippen LogP contribution in [0.5, 0.6) is 0 Å². The molecule has 1 aliphatic rings. The van der Waals surface area contributed by atoms with Gasteiger partial charge in [-0.1, -0.05) is 36.8 Å². The maximum Gasteiger partial charge on any atom is 0.147 e. The fraction of sp³-hybridized carbons (Fsp3) is 0.625. The lowest BCUT2D eigenvalue weighted by atomic mass is 9.94. The summed E-state index contributed by atoms with van der Waals surface area (Å²) in [6.45, 7) is 1.56. The molecule has 0 amide bonds. The van der Waals surface area contributed by atoms with E-state index in [1.807, 2.05) is 6.07 Å². The highest BCUT2D eigenvalue weighted by molar-refractivity contribution is 5.17. The topological polar surface area (TPSA) is 21.7 Å². The second kappa shape index (κ2) is 7.63. The molecule has 1 aliphatic heterocycles. The fourth-order valence-electron chi connectivity index (χ4n) is 2.81. The van der Waals surface area contributed by atoms with E-state index in [9.17, 15) is 0 Å². The summed E-state index contributed by atoms with van der Waals surface area (Å²) in [7, 11) is 3.90. The quantitative estimate of drug-likeness (QED) is 0.736. The molecular formula is C16H25NO2. The van der Waals surface area contributed by atoms with Crippen LogP contribution in [-0.4, -0.2) is 38.4 Å². The van der Waals surface area contributed by atoms with E-state index in [0.29, 0.717) is 12.8 Å². The van der Waals surface area contributed by atoms with Crippen LogP contribution in [0.25, 0.3) is 0 Å². The standard InChI is InChI=1S/C16H25NO2/c1-17-11-7-6-10-15(17)12-16(19-13-18-2)14-8-4-3-5-9-14/h3-5,8-9,15-16H,6-7,10-13H2,1-2H3/t15-,16+/m1/s1. The summed E-state index contributed by atoms with van der Waals surface area (Å²) in [5.41, 5.74) is 1.25. The molecule has 19 heavy (non-hydrogen) atoms. The van der Waals surface area contributed by atoms with Gasteiger partial charge in [0.1, 0.15) is 6.79 Å². The summed E-state index contributed by atoms with van der Waals surface area (Å²) >= 11 is 0. The molecule has 0 saturated carbocycles. The normalized spacial score (nSPS) is 22.3. The minimum Gasteiger partial charge on any atom is -0.359 e. The van der Waals surface area contributed by atoms with Gasteiger partial charge in [-0.3, -0.25) is 0 Å². The first-order chi connectivity index (χ1) is 9.31. The maximum atomic E-state index is 5.88. The van der Waals surface area contributed by atoms with Gasteiger partial charge in [-0.2, -0.15) is 0 Å². The molecule has 1 aromatic carbocycles. The molecule has 2 atom stereocenters. The number of rotatable bonds is 6. The summed E-state index contributed by atoms with van der Waals surface area (Å²) < 4.78 is 11.0. The fourth-order valence-corrected chi connectivity index (χ4v) is 2.81. The Hall–Kier alpha value is -0.900. The Labute approximate surface area is 116 Å². The number of hydrogen-bond acceptors (Lipinski definition) is 3. The Morgan fingerprint density at radius 1 is 1.26 bits per heavy atom. The average molecular weight is 263 g/mol. The molecule has 2 rings (SSSR count). The highest BCUT2D eigenvalue weighted by atomic mass is 16.7. The molecule has 0 aliphatic carbocycles. The lowest BCUT2D eigenvalue weighted by molar-refractivity contribution is -0.0835. The number of piperidine rings is 1. The Morgan fingerprint density at radius 2 is 2.05 bits per heavy atom. The van der Waals surface area contributed by atoms with Crippen molar-refractivity contribution in [3.63, 3.8) is 0 Å². The molecule has 0 aromatic heterocycles. The highest BCUT2D eigenvalue weighted by Crippen LogP contribution is 2.28. The van der Waals surface area contributed by atoms with Crippen LogP contribution in [0.4, 0.5) is 0 Å². The first-order valence-electron chi connectivity index (χ1n) is 7.17. The molecule has 0 unspecified atom stereocenters. The van der Waals surface area contributed by atoms with Gasteiger partial charge in [0.25, 0.3) is 0 Å². The van der Waals surface area contributed by atoms with Crippen LogP contribution in [0.2, 0.25) is 0 Å². The van der Waals surface area contributed by atoms with Crippen LogP contribution in [0.1, 0.15) is 37.4 Å². The van der Waals surface area contributed by atoms with E-state index in [4.69, 9.17) is 9.47 Å². The van der Waals surface area contributed by atoms with Gasteiger partial charge in [0, 0.05) is 13.2 Å². The number of nitrogens with zero attached hydrogens (tertiary/aromatic N) is 1. The van der Waals surface area contributed by atoms with Gasteiger partial charge in [0.05, 0.1) is 6.10 Å². The van der Waals surface area contributed by atoms with Crippen molar-refractivity contribution in [3.8, 4) is 0 Å². The number of methoxy groups -OCH3 is 1. The molecule has 1 saturated heterocycles. The van der Waals surface area contributed by atoms with E-state index in [2.05, 4.69) is 36.2 Å². The summed E-state index contributed by atoms with van der Waals surface area (Å²) in [4.78, 5) is 2.47. The number of likely N-dealkylation sites (tertiary alicyclic amines) is 1. The van der Waals surface area contributed by atoms with Gasteiger partial charge >= 0.3 is 0 Å². The Bertz CT molecular complexity index is 355. The molecule has 0 N–H and O–H groups in total. The molecule has 0 radical (unpaired) electrons. The molecule has 0 spiro atoms. The van der Waals surface area contributed by atoms with E-state index in [1.165, 1.54) is 31.4 Å². The summed E-state index contributed by atoms with van der Waals surface area (Å²) in [6, 6.07) is 11.1. The van der Waals surface area contributed by atoms with Crippen molar-refractivity contribution in [2.75, 3.05) is 27.5 Å². The second-order valence-electron chi connectivity index (χ2n) is 5.34. The third kappa shape index (κ3) is 4.30. The predicted molar refractivity (Wildman–Crippen MR) is 77.0 cm³/mol. The van der Waals surface area contributed by atoms with Crippen LogP contribution < -0.4 is 0 Å². The smallest absolute Gasteiger partial charge is 0.147 e. The van der Waals surface area contributed by atoms with Gasteiger partial charge in [0.15, 0.2) is 0 Å². The van der Waals surface area contributed by atoms with E-state index < -0.39 is 0 Å². The first kappa shape index (κ1) is 14.5. The van der Waals surface area contributed by atoms with Crippen molar-refractivity contribution in [1.29, 1.82) is 0 Å².